The summed E-state index contributed by atoms with van der Waals surface area (Å²) in [6.45, 7) is 0.923. The molecule has 2 unspecified atom stereocenters. The first kappa shape index (κ1) is 17.4. The highest BCUT2D eigenvalue weighted by Gasteiger charge is 2.15. The molecule has 4 nitrogen and oxygen atoms in total. The molecule has 0 saturated carbocycles. The Balaban J connectivity index is 2.39. The molecule has 1 aromatic rings. The summed E-state index contributed by atoms with van der Waals surface area (Å²) in [5.41, 5.74) is 1.02. The van der Waals surface area contributed by atoms with E-state index in [4.69, 9.17) is 0 Å². The highest BCUT2D eigenvalue weighted by molar-refractivity contribution is 5.75. The SMILES string of the molecule is COC(=O)C(C)NC(C)CCc1ccc(OC(F)F)cc1. The molecule has 0 bridgehead atoms. The highest BCUT2D eigenvalue weighted by atomic mass is 19.3. The van der Waals surface area contributed by atoms with Gasteiger partial charge in [0.2, 0.25) is 0 Å². The van der Waals surface area contributed by atoms with Gasteiger partial charge in [0, 0.05) is 6.04 Å². The lowest BCUT2D eigenvalue weighted by Crippen LogP contribution is -2.40. The average Bonchev–Trinajstić information content (AvgIpc) is 2.45. The zero-order valence-corrected chi connectivity index (χ0v) is 12.4. The normalized spacial score (nSPS) is 13.8. The van der Waals surface area contributed by atoms with Gasteiger partial charge in [0.15, 0.2) is 0 Å². The highest BCUT2D eigenvalue weighted by Crippen LogP contribution is 2.16. The second-order valence-electron chi connectivity index (χ2n) is 4.87. The van der Waals surface area contributed by atoms with Crippen LogP contribution < -0.4 is 10.1 Å². The summed E-state index contributed by atoms with van der Waals surface area (Å²) in [7, 11) is 1.36. The Hall–Kier alpha value is -1.69. The molecule has 2 atom stereocenters. The second-order valence-corrected chi connectivity index (χ2v) is 4.87. The van der Waals surface area contributed by atoms with Gasteiger partial charge in [0.1, 0.15) is 11.8 Å². The number of hydrogen-bond donors (Lipinski definition) is 1. The molecule has 1 rings (SSSR count). The van der Waals surface area contributed by atoms with Crippen molar-refractivity contribution < 1.29 is 23.0 Å². The quantitative estimate of drug-likeness (QED) is 0.750. The number of carbonyl (C=O) groups excluding carboxylic acids is 1. The van der Waals surface area contributed by atoms with Gasteiger partial charge in [0.25, 0.3) is 0 Å². The molecule has 0 spiro atoms. The lowest BCUT2D eigenvalue weighted by atomic mass is 10.1. The zero-order valence-electron chi connectivity index (χ0n) is 12.4. The van der Waals surface area contributed by atoms with E-state index in [0.717, 1.165) is 18.4 Å². The topological polar surface area (TPSA) is 47.6 Å². The van der Waals surface area contributed by atoms with E-state index >= 15 is 0 Å². The van der Waals surface area contributed by atoms with Gasteiger partial charge in [-0.25, -0.2) is 0 Å². The number of alkyl halides is 2. The van der Waals surface area contributed by atoms with E-state index in [-0.39, 0.29) is 23.8 Å². The number of esters is 1. The number of benzene rings is 1. The van der Waals surface area contributed by atoms with Gasteiger partial charge in [-0.2, -0.15) is 8.78 Å². The maximum absolute atomic E-state index is 12.0. The van der Waals surface area contributed by atoms with Gasteiger partial charge in [-0.15, -0.1) is 0 Å². The third-order valence-corrected chi connectivity index (χ3v) is 3.10. The van der Waals surface area contributed by atoms with Crippen molar-refractivity contribution in [3.8, 4) is 5.75 Å². The predicted octanol–water partition coefficient (Wildman–Crippen LogP) is 2.76. The van der Waals surface area contributed by atoms with Crippen molar-refractivity contribution in [1.29, 1.82) is 0 Å². The molecule has 6 heteroatoms. The zero-order chi connectivity index (χ0) is 15.8. The third-order valence-electron chi connectivity index (χ3n) is 3.10. The summed E-state index contributed by atoms with van der Waals surface area (Å²) in [5.74, 6) is -0.144. The van der Waals surface area contributed by atoms with Crippen LogP contribution in [-0.2, 0) is 16.0 Å². The minimum Gasteiger partial charge on any atom is -0.468 e. The molecule has 0 aliphatic carbocycles. The van der Waals surface area contributed by atoms with E-state index in [1.807, 2.05) is 6.92 Å². The fourth-order valence-electron chi connectivity index (χ4n) is 1.98. The van der Waals surface area contributed by atoms with Crippen LogP contribution in [0.4, 0.5) is 8.78 Å². The number of halogens is 2. The summed E-state index contributed by atoms with van der Waals surface area (Å²) in [5, 5.41) is 3.14. The lowest BCUT2D eigenvalue weighted by Gasteiger charge is -2.18. The van der Waals surface area contributed by atoms with Crippen LogP contribution in [0.15, 0.2) is 24.3 Å². The maximum atomic E-state index is 12.0. The molecule has 0 amide bonds. The van der Waals surface area contributed by atoms with E-state index < -0.39 is 6.61 Å². The first-order chi connectivity index (χ1) is 9.92. The van der Waals surface area contributed by atoms with Gasteiger partial charge in [0.05, 0.1) is 7.11 Å². The van der Waals surface area contributed by atoms with Crippen LogP contribution in [0, 0.1) is 0 Å². The molecule has 0 fully saturated rings. The van der Waals surface area contributed by atoms with Crippen LogP contribution in [0.3, 0.4) is 0 Å². The number of nitrogens with one attached hydrogen (secondary N) is 1. The van der Waals surface area contributed by atoms with Gasteiger partial charge in [-0.3, -0.25) is 4.79 Å². The largest absolute Gasteiger partial charge is 0.468 e. The van der Waals surface area contributed by atoms with Crippen LogP contribution in [0.2, 0.25) is 0 Å². The van der Waals surface area contributed by atoms with Crippen molar-refractivity contribution in [2.24, 2.45) is 0 Å². The number of rotatable bonds is 8. The van der Waals surface area contributed by atoms with Gasteiger partial charge >= 0.3 is 12.6 Å². The first-order valence-electron chi connectivity index (χ1n) is 6.80. The number of aryl methyl sites for hydroxylation is 1. The summed E-state index contributed by atoms with van der Waals surface area (Å²) in [6.07, 6.45) is 1.59. The van der Waals surface area contributed by atoms with E-state index in [1.165, 1.54) is 19.2 Å². The Kier molecular flexibility index (Phi) is 7.08. The van der Waals surface area contributed by atoms with Crippen LogP contribution >= 0.6 is 0 Å². The van der Waals surface area contributed by atoms with Gasteiger partial charge in [-0.05, 0) is 44.4 Å². The molecule has 1 N–H and O–H groups in total. The summed E-state index contributed by atoms with van der Waals surface area (Å²) in [6, 6.07) is 6.35. The number of ether oxygens (including phenoxy) is 2. The Bertz CT molecular complexity index is 437. The van der Waals surface area contributed by atoms with E-state index in [0.29, 0.717) is 0 Å². The molecule has 0 heterocycles. The number of hydrogen-bond acceptors (Lipinski definition) is 4. The van der Waals surface area contributed by atoms with Crippen molar-refractivity contribution in [3.63, 3.8) is 0 Å². The van der Waals surface area contributed by atoms with Crippen LogP contribution in [0.5, 0.6) is 5.75 Å². The molecule has 118 valence electrons. The maximum Gasteiger partial charge on any atom is 0.387 e. The molecular weight excluding hydrogens is 280 g/mol. The molecule has 1 aromatic carbocycles. The van der Waals surface area contributed by atoms with Crippen molar-refractivity contribution in [1.82, 2.24) is 5.32 Å². The van der Waals surface area contributed by atoms with E-state index in [1.54, 1.807) is 19.1 Å². The molecular formula is C15H21F2NO3. The smallest absolute Gasteiger partial charge is 0.387 e. The van der Waals surface area contributed by atoms with E-state index in [2.05, 4.69) is 14.8 Å². The van der Waals surface area contributed by atoms with Crippen molar-refractivity contribution in [3.05, 3.63) is 29.8 Å². The lowest BCUT2D eigenvalue weighted by molar-refractivity contribution is -0.142. The fraction of sp³-hybridized carbons (Fsp3) is 0.533. The Morgan fingerprint density at radius 3 is 2.38 bits per heavy atom. The number of methoxy groups -OCH3 is 1. The molecule has 0 aliphatic rings. The van der Waals surface area contributed by atoms with Crippen LogP contribution in [0.1, 0.15) is 25.8 Å². The predicted molar refractivity (Wildman–Crippen MR) is 75.5 cm³/mol. The van der Waals surface area contributed by atoms with Crippen LogP contribution in [0.25, 0.3) is 0 Å². The summed E-state index contributed by atoms with van der Waals surface area (Å²) >= 11 is 0. The van der Waals surface area contributed by atoms with E-state index in [9.17, 15) is 13.6 Å². The molecule has 21 heavy (non-hydrogen) atoms. The monoisotopic (exact) mass is 301 g/mol. The third kappa shape index (κ3) is 6.53. The minimum absolute atomic E-state index is 0.135. The molecule has 0 aliphatic heterocycles. The van der Waals surface area contributed by atoms with Crippen molar-refractivity contribution >= 4 is 5.97 Å². The summed E-state index contributed by atoms with van der Waals surface area (Å²) in [4.78, 5) is 11.3. The molecule has 0 aromatic heterocycles. The first-order valence-corrected chi connectivity index (χ1v) is 6.80. The summed E-state index contributed by atoms with van der Waals surface area (Å²) < 4.78 is 33.0. The average molecular weight is 301 g/mol. The molecule has 0 saturated heterocycles. The fourth-order valence-corrected chi connectivity index (χ4v) is 1.98. The standard InChI is InChI=1S/C15H21F2NO3/c1-10(18-11(2)14(19)20-3)4-5-12-6-8-13(9-7-12)21-15(16)17/h6-11,15,18H,4-5H2,1-3H3. The number of carbonyl (C=O) groups is 1. The second kappa shape index (κ2) is 8.56. The Morgan fingerprint density at radius 2 is 1.86 bits per heavy atom. The Morgan fingerprint density at radius 1 is 1.24 bits per heavy atom. The van der Waals surface area contributed by atoms with Crippen molar-refractivity contribution in [2.45, 2.75) is 45.4 Å². The Labute approximate surface area is 123 Å². The molecule has 0 radical (unpaired) electrons. The van der Waals surface area contributed by atoms with Gasteiger partial charge < -0.3 is 14.8 Å². The van der Waals surface area contributed by atoms with Crippen LogP contribution in [-0.4, -0.2) is 31.8 Å². The minimum atomic E-state index is -2.81. The van der Waals surface area contributed by atoms with Crippen molar-refractivity contribution in [2.75, 3.05) is 7.11 Å². The van der Waals surface area contributed by atoms with Gasteiger partial charge in [-0.1, -0.05) is 12.1 Å².